The third-order valence-corrected chi connectivity index (χ3v) is 9.05. The zero-order chi connectivity index (χ0) is 46.5. The summed E-state index contributed by atoms with van der Waals surface area (Å²) in [6.45, 7) is 18.1. The van der Waals surface area contributed by atoms with Gasteiger partial charge in [0.05, 0.1) is 33.5 Å². The minimum absolute atomic E-state index is 0.351. The van der Waals surface area contributed by atoms with E-state index < -0.39 is 0 Å². The van der Waals surface area contributed by atoms with E-state index in [4.69, 9.17) is 44.0 Å². The minimum Gasteiger partial charge on any atom is -0.489 e. The number of nitrogens with one attached hydrogen (secondary N) is 1. The SMILES string of the molecule is C=O.CCCCCCOc1cc(CCCOCCC)cc(OCCCCCC)c1[N+]#N.CCOc1cc(C)cc(OCC)c1[N+]#N.COc1cc(Nc2ccccc2)ccc1[N+]#N. The highest BCUT2D eigenvalue weighted by Gasteiger charge is 2.26. The zero-order valence-electron chi connectivity index (χ0n) is 38.7. The van der Waals surface area contributed by atoms with E-state index >= 15 is 0 Å². The molecule has 340 valence electrons. The Balaban J connectivity index is 0.000000496. The van der Waals surface area contributed by atoms with Gasteiger partial charge >= 0.3 is 17.1 Å². The summed E-state index contributed by atoms with van der Waals surface area (Å²) in [5.74, 6) is 2.83. The minimum atomic E-state index is 0.351. The number of carbonyl (C=O) groups excluding carboxylic acids is 1. The molecule has 4 aromatic rings. The summed E-state index contributed by atoms with van der Waals surface area (Å²) in [5, 5.41) is 30.5. The molecular weight excluding hydrogens is 799 g/mol. The molecule has 0 aromatic heterocycles. The van der Waals surface area contributed by atoms with Crippen molar-refractivity contribution in [1.29, 1.82) is 16.2 Å². The van der Waals surface area contributed by atoms with E-state index in [-0.39, 0.29) is 0 Å². The van der Waals surface area contributed by atoms with Crippen LogP contribution in [0.3, 0.4) is 0 Å². The summed E-state index contributed by atoms with van der Waals surface area (Å²) in [6.07, 6.45) is 12.0. The maximum absolute atomic E-state index is 9.59. The van der Waals surface area contributed by atoms with Gasteiger partial charge in [-0.05, 0) is 106 Å². The fraction of sp³-hybridized carbons (Fsp3) is 0.490. The van der Waals surface area contributed by atoms with Crippen molar-refractivity contribution in [1.82, 2.24) is 0 Å². The third-order valence-electron chi connectivity index (χ3n) is 9.05. The summed E-state index contributed by atoms with van der Waals surface area (Å²) < 4.78 is 33.4. The monoisotopic (exact) mass is 869 g/mol. The highest BCUT2D eigenvalue weighted by atomic mass is 16.5. The van der Waals surface area contributed by atoms with Gasteiger partial charge in [0.2, 0.25) is 44.9 Å². The van der Waals surface area contributed by atoms with Gasteiger partial charge in [-0.2, -0.15) is 0 Å². The first-order valence-electron chi connectivity index (χ1n) is 22.1. The van der Waals surface area contributed by atoms with Crippen molar-refractivity contribution in [2.24, 2.45) is 0 Å². The summed E-state index contributed by atoms with van der Waals surface area (Å²) in [5.41, 5.74) is 5.17. The first kappa shape index (κ1) is 54.6. The standard InChI is InChI=1S/C24H41N2O3.C13H12N3O.C11H15N2O2.CH2O/c1-4-7-9-11-17-28-22-19-21(14-13-16-27-15-6-3)20-23(24(22)26-25)29-18-12-10-8-5-2;1-17-13-9-11(7-8-12(13)16-14)15-10-5-3-2-4-6-10;1-4-14-9-6-8(3)7-10(15-5-2)11(9)13-12;1-2/h19-20H,4-18H2,1-3H3;2-9,15H,1H3;6-7H,4-5H2,1-3H3;1H2/q3*+1;. The van der Waals surface area contributed by atoms with Crippen LogP contribution in [0.4, 0.5) is 28.4 Å². The third kappa shape index (κ3) is 21.8. The normalized spacial score (nSPS) is 9.78. The molecule has 0 aliphatic carbocycles. The van der Waals surface area contributed by atoms with E-state index in [9.17, 15) is 5.39 Å². The molecule has 4 aromatic carbocycles. The Labute approximate surface area is 375 Å². The number of para-hydroxylation sites is 1. The maximum Gasteiger partial charge on any atom is 0.467 e. The Morgan fingerprint density at radius 1 is 0.540 bits per heavy atom. The maximum atomic E-state index is 9.59. The lowest BCUT2D eigenvalue weighted by molar-refractivity contribution is -0.0980. The Kier molecular flexibility index (Phi) is 30.5. The number of methoxy groups -OCH3 is 1. The van der Waals surface area contributed by atoms with Crippen molar-refractivity contribution in [2.75, 3.05) is 52.1 Å². The second-order valence-corrected chi connectivity index (χ2v) is 14.1. The van der Waals surface area contributed by atoms with Crippen molar-refractivity contribution < 1.29 is 33.2 Å². The molecule has 63 heavy (non-hydrogen) atoms. The molecule has 0 spiro atoms. The molecule has 14 nitrogen and oxygen atoms in total. The van der Waals surface area contributed by atoms with Gasteiger partial charge in [0, 0.05) is 36.7 Å². The summed E-state index contributed by atoms with van der Waals surface area (Å²) in [7, 11) is 1.54. The fourth-order valence-electron chi connectivity index (χ4n) is 6.02. The number of nitrogens with zero attached hydrogens (tertiary/aromatic N) is 6. The van der Waals surface area contributed by atoms with Crippen LogP contribution in [0, 0.1) is 23.1 Å². The topological polar surface area (TPSA) is 169 Å². The Bertz CT molecular complexity index is 1920. The molecule has 0 saturated heterocycles. The lowest BCUT2D eigenvalue weighted by atomic mass is 10.1. The Morgan fingerprint density at radius 3 is 1.54 bits per heavy atom. The van der Waals surface area contributed by atoms with E-state index in [0.717, 1.165) is 80.7 Å². The Morgan fingerprint density at radius 2 is 1.08 bits per heavy atom. The molecule has 0 aliphatic heterocycles. The van der Waals surface area contributed by atoms with Gasteiger partial charge in [-0.25, -0.2) is 0 Å². The van der Waals surface area contributed by atoms with Crippen LogP contribution >= 0.6 is 0 Å². The predicted molar refractivity (Wildman–Crippen MR) is 253 cm³/mol. The molecule has 4 rings (SSSR count). The van der Waals surface area contributed by atoms with E-state index in [0.29, 0.717) is 72.2 Å². The van der Waals surface area contributed by atoms with Gasteiger partial charge in [0.15, 0.2) is 14.9 Å². The highest BCUT2D eigenvalue weighted by Crippen LogP contribution is 2.40. The van der Waals surface area contributed by atoms with Gasteiger partial charge < -0.3 is 38.5 Å². The number of anilines is 2. The van der Waals surface area contributed by atoms with Crippen LogP contribution in [0.15, 0.2) is 72.8 Å². The highest BCUT2D eigenvalue weighted by molar-refractivity contribution is 5.70. The second-order valence-electron chi connectivity index (χ2n) is 14.1. The van der Waals surface area contributed by atoms with Crippen LogP contribution in [-0.2, 0) is 16.0 Å². The van der Waals surface area contributed by atoms with Crippen LogP contribution in [0.2, 0.25) is 0 Å². The van der Waals surface area contributed by atoms with E-state index in [1.54, 1.807) is 12.1 Å². The molecule has 0 atom stereocenters. The predicted octanol–water partition coefficient (Wildman–Crippen LogP) is 14.5. The summed E-state index contributed by atoms with van der Waals surface area (Å²) >= 11 is 0. The number of benzene rings is 4. The molecule has 0 heterocycles. The van der Waals surface area contributed by atoms with Gasteiger partial charge in [-0.1, -0.05) is 77.5 Å². The van der Waals surface area contributed by atoms with Crippen LogP contribution in [0.5, 0.6) is 28.7 Å². The number of unbranched alkanes of at least 4 members (excludes halogenated alkanes) is 6. The number of hydrogen-bond donors (Lipinski definition) is 1. The molecule has 0 fully saturated rings. The molecule has 0 radical (unpaired) electrons. The fourth-order valence-corrected chi connectivity index (χ4v) is 6.02. The molecule has 1 N–H and O–H groups in total. The second kappa shape index (κ2) is 35.2. The van der Waals surface area contributed by atoms with Crippen molar-refractivity contribution in [3.8, 4) is 28.7 Å². The van der Waals surface area contributed by atoms with Crippen molar-refractivity contribution in [2.45, 2.75) is 112 Å². The molecule has 0 aliphatic rings. The lowest BCUT2D eigenvalue weighted by Gasteiger charge is -2.11. The summed E-state index contributed by atoms with van der Waals surface area (Å²) in [6, 6.07) is 22.7. The van der Waals surface area contributed by atoms with Crippen LogP contribution in [-0.4, -0.2) is 53.5 Å². The van der Waals surface area contributed by atoms with E-state index in [2.05, 4.69) is 41.0 Å². The smallest absolute Gasteiger partial charge is 0.467 e. The van der Waals surface area contributed by atoms with Crippen molar-refractivity contribution in [3.63, 3.8) is 0 Å². The number of diazo groups is 3. The van der Waals surface area contributed by atoms with Gasteiger partial charge in [0.1, 0.15) is 6.79 Å². The first-order chi connectivity index (χ1) is 30.8. The molecule has 14 heteroatoms. The quantitative estimate of drug-likeness (QED) is 0.0497. The number of carbonyl (C=O) groups is 1. The van der Waals surface area contributed by atoms with Crippen molar-refractivity contribution in [3.05, 3.63) is 98.9 Å². The number of rotatable bonds is 25. The van der Waals surface area contributed by atoms with Gasteiger partial charge in [-0.3, -0.25) is 0 Å². The first-order valence-corrected chi connectivity index (χ1v) is 22.1. The van der Waals surface area contributed by atoms with Crippen LogP contribution < -0.4 is 29.0 Å². The summed E-state index contributed by atoms with van der Waals surface area (Å²) in [4.78, 5) is 17.8. The average Bonchev–Trinajstić information content (AvgIpc) is 3.30. The number of hydrogen-bond acceptors (Lipinski definition) is 11. The van der Waals surface area contributed by atoms with E-state index in [1.807, 2.05) is 88.2 Å². The zero-order valence-corrected chi connectivity index (χ0v) is 38.7. The van der Waals surface area contributed by atoms with Crippen LogP contribution in [0.25, 0.3) is 14.9 Å². The van der Waals surface area contributed by atoms with E-state index in [1.165, 1.54) is 32.8 Å². The molecule has 0 amide bonds. The number of ether oxygens (including phenoxy) is 6. The van der Waals surface area contributed by atoms with Crippen LogP contribution in [0.1, 0.15) is 110 Å². The largest absolute Gasteiger partial charge is 0.489 e. The number of aryl methyl sites for hydroxylation is 2. The van der Waals surface area contributed by atoms with Gasteiger partial charge in [-0.15, -0.1) is 0 Å². The Hall–Kier alpha value is -6.43. The molecule has 0 bridgehead atoms. The molecule has 0 saturated carbocycles. The molecule has 0 unspecified atom stereocenters. The average molecular weight is 869 g/mol. The van der Waals surface area contributed by atoms with Gasteiger partial charge in [0.25, 0.3) is 0 Å². The van der Waals surface area contributed by atoms with Crippen molar-refractivity contribution >= 4 is 35.2 Å². The lowest BCUT2D eigenvalue weighted by Crippen LogP contribution is -2.03. The molecular formula is C49H70N7O7+3.